The molecule has 0 radical (unpaired) electrons. The van der Waals surface area contributed by atoms with Crippen LogP contribution in [0, 0.1) is 11.8 Å². The SMILES string of the molecule is CC1CCC(O)(CNCc2ccc(C3CC3C)o2)CC1. The quantitative estimate of drug-likeness (QED) is 0.866. The first-order chi connectivity index (χ1) is 9.56. The maximum absolute atomic E-state index is 10.5. The van der Waals surface area contributed by atoms with E-state index in [9.17, 15) is 5.11 Å². The summed E-state index contributed by atoms with van der Waals surface area (Å²) in [5, 5.41) is 13.9. The van der Waals surface area contributed by atoms with Gasteiger partial charge in [-0.3, -0.25) is 0 Å². The van der Waals surface area contributed by atoms with Gasteiger partial charge in [-0.2, -0.15) is 0 Å². The van der Waals surface area contributed by atoms with Gasteiger partial charge in [-0.25, -0.2) is 0 Å². The van der Waals surface area contributed by atoms with Crippen LogP contribution in [0.25, 0.3) is 0 Å². The van der Waals surface area contributed by atoms with Crippen molar-refractivity contribution in [1.29, 1.82) is 0 Å². The van der Waals surface area contributed by atoms with Crippen molar-refractivity contribution < 1.29 is 9.52 Å². The second kappa shape index (κ2) is 5.53. The van der Waals surface area contributed by atoms with E-state index in [2.05, 4.69) is 31.3 Å². The van der Waals surface area contributed by atoms with Gasteiger partial charge >= 0.3 is 0 Å². The molecule has 2 aliphatic rings. The van der Waals surface area contributed by atoms with E-state index in [-0.39, 0.29) is 0 Å². The predicted octanol–water partition coefficient (Wildman–Crippen LogP) is 3.43. The number of aliphatic hydroxyl groups is 1. The van der Waals surface area contributed by atoms with E-state index in [0.717, 1.165) is 55.6 Å². The Morgan fingerprint density at radius 2 is 2.00 bits per heavy atom. The molecule has 0 spiro atoms. The second-order valence-electron chi connectivity index (χ2n) is 7.13. The lowest BCUT2D eigenvalue weighted by molar-refractivity contribution is -0.00657. The van der Waals surface area contributed by atoms with Crippen molar-refractivity contribution in [1.82, 2.24) is 5.32 Å². The summed E-state index contributed by atoms with van der Waals surface area (Å²) in [5.74, 6) is 4.33. The highest BCUT2D eigenvalue weighted by Crippen LogP contribution is 2.47. The lowest BCUT2D eigenvalue weighted by atomic mass is 9.79. The molecule has 3 heteroatoms. The molecule has 1 aromatic rings. The molecule has 112 valence electrons. The van der Waals surface area contributed by atoms with Crippen molar-refractivity contribution in [2.75, 3.05) is 6.54 Å². The van der Waals surface area contributed by atoms with Gasteiger partial charge in [0.1, 0.15) is 11.5 Å². The molecule has 0 bridgehead atoms. The molecule has 2 unspecified atom stereocenters. The number of hydrogen-bond donors (Lipinski definition) is 2. The molecule has 0 aliphatic heterocycles. The average molecular weight is 277 g/mol. The zero-order chi connectivity index (χ0) is 14.2. The largest absolute Gasteiger partial charge is 0.464 e. The van der Waals surface area contributed by atoms with Crippen LogP contribution in [0.4, 0.5) is 0 Å². The normalized spacial score (nSPS) is 37.0. The number of furan rings is 1. The van der Waals surface area contributed by atoms with Crippen LogP contribution in [0.5, 0.6) is 0 Å². The Morgan fingerprint density at radius 3 is 2.65 bits per heavy atom. The summed E-state index contributed by atoms with van der Waals surface area (Å²) >= 11 is 0. The van der Waals surface area contributed by atoms with E-state index in [0.29, 0.717) is 12.5 Å². The molecule has 20 heavy (non-hydrogen) atoms. The van der Waals surface area contributed by atoms with E-state index < -0.39 is 5.60 Å². The molecule has 2 atom stereocenters. The minimum absolute atomic E-state index is 0.507. The Labute approximate surface area is 121 Å². The Hall–Kier alpha value is -0.800. The first-order valence-electron chi connectivity index (χ1n) is 8.07. The van der Waals surface area contributed by atoms with Gasteiger partial charge in [-0.1, -0.05) is 13.8 Å². The standard InChI is InChI=1S/C17H27NO2/c1-12-5-7-17(19,8-6-12)11-18-10-14-3-4-16(20-14)15-9-13(15)2/h3-4,12-13,15,18-19H,5-11H2,1-2H3. The minimum atomic E-state index is -0.507. The molecule has 0 saturated heterocycles. The zero-order valence-corrected chi connectivity index (χ0v) is 12.7. The Balaban J connectivity index is 1.44. The van der Waals surface area contributed by atoms with Crippen LogP contribution in [0.3, 0.4) is 0 Å². The van der Waals surface area contributed by atoms with E-state index in [1.54, 1.807) is 0 Å². The third kappa shape index (κ3) is 3.26. The van der Waals surface area contributed by atoms with Crippen LogP contribution in [0.15, 0.2) is 16.5 Å². The van der Waals surface area contributed by atoms with E-state index in [1.165, 1.54) is 6.42 Å². The highest BCUT2D eigenvalue weighted by molar-refractivity contribution is 5.17. The average Bonchev–Trinajstić information content (AvgIpc) is 2.97. The van der Waals surface area contributed by atoms with Gasteiger partial charge in [0.25, 0.3) is 0 Å². The van der Waals surface area contributed by atoms with E-state index in [4.69, 9.17) is 4.42 Å². The van der Waals surface area contributed by atoms with Gasteiger partial charge in [0.2, 0.25) is 0 Å². The third-order valence-corrected chi connectivity index (χ3v) is 5.12. The van der Waals surface area contributed by atoms with Gasteiger partial charge in [-0.15, -0.1) is 0 Å². The molecular weight excluding hydrogens is 250 g/mol. The maximum Gasteiger partial charge on any atom is 0.117 e. The lowest BCUT2D eigenvalue weighted by Gasteiger charge is -2.35. The molecule has 2 fully saturated rings. The van der Waals surface area contributed by atoms with Gasteiger partial charge in [-0.05, 0) is 56.1 Å². The summed E-state index contributed by atoms with van der Waals surface area (Å²) in [6.07, 6.45) is 5.39. The molecule has 3 nitrogen and oxygen atoms in total. The van der Waals surface area contributed by atoms with Gasteiger partial charge in [0.15, 0.2) is 0 Å². The van der Waals surface area contributed by atoms with Crippen LogP contribution >= 0.6 is 0 Å². The van der Waals surface area contributed by atoms with Gasteiger partial charge in [0.05, 0.1) is 12.1 Å². The van der Waals surface area contributed by atoms with Gasteiger partial charge < -0.3 is 14.8 Å². The van der Waals surface area contributed by atoms with Crippen LogP contribution in [0.2, 0.25) is 0 Å². The summed E-state index contributed by atoms with van der Waals surface area (Å²) in [4.78, 5) is 0. The first-order valence-corrected chi connectivity index (χ1v) is 8.07. The Kier molecular flexibility index (Phi) is 3.91. The molecule has 1 heterocycles. The fourth-order valence-corrected chi connectivity index (χ4v) is 3.30. The highest BCUT2D eigenvalue weighted by atomic mass is 16.3. The van der Waals surface area contributed by atoms with Crippen molar-refractivity contribution in [3.8, 4) is 0 Å². The van der Waals surface area contributed by atoms with Crippen LogP contribution in [-0.2, 0) is 6.54 Å². The lowest BCUT2D eigenvalue weighted by Crippen LogP contribution is -2.43. The summed E-state index contributed by atoms with van der Waals surface area (Å²) in [6, 6.07) is 4.18. The summed E-state index contributed by atoms with van der Waals surface area (Å²) in [5.41, 5.74) is -0.507. The molecule has 2 saturated carbocycles. The molecule has 0 amide bonds. The van der Waals surface area contributed by atoms with Crippen LogP contribution in [0.1, 0.15) is 63.4 Å². The first kappa shape index (κ1) is 14.2. The van der Waals surface area contributed by atoms with Crippen molar-refractivity contribution in [3.05, 3.63) is 23.7 Å². The van der Waals surface area contributed by atoms with Crippen molar-refractivity contribution in [3.63, 3.8) is 0 Å². The van der Waals surface area contributed by atoms with Crippen LogP contribution in [-0.4, -0.2) is 17.3 Å². The van der Waals surface area contributed by atoms with E-state index >= 15 is 0 Å². The zero-order valence-electron chi connectivity index (χ0n) is 12.7. The molecule has 1 aromatic heterocycles. The number of rotatable bonds is 5. The predicted molar refractivity (Wildman–Crippen MR) is 79.5 cm³/mol. The third-order valence-electron chi connectivity index (χ3n) is 5.12. The van der Waals surface area contributed by atoms with Crippen molar-refractivity contribution in [2.24, 2.45) is 11.8 Å². The summed E-state index contributed by atoms with van der Waals surface area (Å²) in [7, 11) is 0. The molecule has 3 rings (SSSR count). The molecule has 2 aliphatic carbocycles. The van der Waals surface area contributed by atoms with Gasteiger partial charge in [0, 0.05) is 12.5 Å². The summed E-state index contributed by atoms with van der Waals surface area (Å²) < 4.78 is 5.87. The monoisotopic (exact) mass is 277 g/mol. The summed E-state index contributed by atoms with van der Waals surface area (Å²) in [6.45, 7) is 5.94. The van der Waals surface area contributed by atoms with Crippen molar-refractivity contribution >= 4 is 0 Å². The topological polar surface area (TPSA) is 45.4 Å². The van der Waals surface area contributed by atoms with Crippen LogP contribution < -0.4 is 5.32 Å². The van der Waals surface area contributed by atoms with Crippen molar-refractivity contribution in [2.45, 2.75) is 64.0 Å². The Morgan fingerprint density at radius 1 is 1.30 bits per heavy atom. The maximum atomic E-state index is 10.5. The highest BCUT2D eigenvalue weighted by Gasteiger charge is 2.36. The second-order valence-corrected chi connectivity index (χ2v) is 7.13. The fourth-order valence-electron chi connectivity index (χ4n) is 3.30. The fraction of sp³-hybridized carbons (Fsp3) is 0.765. The Bertz CT molecular complexity index is 446. The number of hydrogen-bond acceptors (Lipinski definition) is 3. The smallest absolute Gasteiger partial charge is 0.117 e. The molecule has 2 N–H and O–H groups in total. The molecule has 0 aromatic carbocycles. The minimum Gasteiger partial charge on any atom is -0.464 e. The van der Waals surface area contributed by atoms with E-state index in [1.807, 2.05) is 0 Å². The molecular formula is C17H27NO2. The number of nitrogens with one attached hydrogen (secondary N) is 1.